The van der Waals surface area contributed by atoms with Crippen LogP contribution in [0.5, 0.6) is 5.75 Å². The third kappa shape index (κ3) is 3.47. The van der Waals surface area contributed by atoms with Crippen molar-refractivity contribution in [1.29, 1.82) is 0 Å². The van der Waals surface area contributed by atoms with Crippen LogP contribution in [0, 0.1) is 6.92 Å². The Morgan fingerprint density at radius 1 is 1.39 bits per heavy atom. The van der Waals surface area contributed by atoms with Crippen LogP contribution in [-0.4, -0.2) is 31.8 Å². The summed E-state index contributed by atoms with van der Waals surface area (Å²) in [6.45, 7) is 6.11. The molecule has 1 aromatic rings. The number of aryl methyl sites for hydroxylation is 1. The fraction of sp³-hybridized carbons (Fsp3) is 0.500. The van der Waals surface area contributed by atoms with E-state index >= 15 is 0 Å². The Balaban J connectivity index is 2.70. The molecule has 1 unspecified atom stereocenters. The molecule has 4 nitrogen and oxygen atoms in total. The number of esters is 1. The van der Waals surface area contributed by atoms with Crippen LogP contribution in [0.3, 0.4) is 0 Å². The van der Waals surface area contributed by atoms with Gasteiger partial charge in [0.05, 0.1) is 6.61 Å². The van der Waals surface area contributed by atoms with Gasteiger partial charge in [0.1, 0.15) is 17.9 Å². The van der Waals surface area contributed by atoms with Crippen molar-refractivity contribution in [2.24, 2.45) is 0 Å². The molecule has 1 atom stereocenters. The van der Waals surface area contributed by atoms with Crippen molar-refractivity contribution in [3.63, 3.8) is 0 Å². The van der Waals surface area contributed by atoms with Crippen molar-refractivity contribution in [3.8, 4) is 5.75 Å². The van der Waals surface area contributed by atoms with Gasteiger partial charge in [0.2, 0.25) is 0 Å². The van der Waals surface area contributed by atoms with Crippen LogP contribution >= 0.6 is 0 Å². The summed E-state index contributed by atoms with van der Waals surface area (Å²) in [6.07, 6.45) is 0. The van der Waals surface area contributed by atoms with Crippen LogP contribution in [0.25, 0.3) is 0 Å². The second kappa shape index (κ2) is 6.40. The van der Waals surface area contributed by atoms with Gasteiger partial charge < -0.3 is 14.8 Å². The van der Waals surface area contributed by atoms with E-state index in [1.807, 2.05) is 31.2 Å². The minimum absolute atomic E-state index is 0.229. The zero-order chi connectivity index (χ0) is 13.6. The van der Waals surface area contributed by atoms with Crippen molar-refractivity contribution in [2.75, 3.05) is 20.3 Å². The molecule has 0 aromatic heterocycles. The Hall–Kier alpha value is -1.55. The molecule has 1 rings (SSSR count). The number of para-hydroxylation sites is 1. The molecule has 100 valence electrons. The lowest BCUT2D eigenvalue weighted by atomic mass is 10.0. The Morgan fingerprint density at radius 2 is 2.06 bits per heavy atom. The van der Waals surface area contributed by atoms with E-state index in [0.717, 1.165) is 11.3 Å². The Labute approximate surface area is 108 Å². The average Bonchev–Trinajstić information content (AvgIpc) is 2.37. The lowest BCUT2D eigenvalue weighted by Gasteiger charge is -2.26. The van der Waals surface area contributed by atoms with Crippen LogP contribution in [0.2, 0.25) is 0 Å². The minimum atomic E-state index is -0.835. The molecule has 0 saturated carbocycles. The topological polar surface area (TPSA) is 47.6 Å². The van der Waals surface area contributed by atoms with Crippen LogP contribution in [0.4, 0.5) is 0 Å². The van der Waals surface area contributed by atoms with Crippen molar-refractivity contribution < 1.29 is 14.3 Å². The number of likely N-dealkylation sites (N-methyl/N-ethyl adjacent to an activating group) is 1. The van der Waals surface area contributed by atoms with Crippen molar-refractivity contribution in [2.45, 2.75) is 26.3 Å². The predicted molar refractivity (Wildman–Crippen MR) is 70.8 cm³/mol. The lowest BCUT2D eigenvalue weighted by molar-refractivity contribution is -0.151. The molecule has 0 radical (unpaired) electrons. The zero-order valence-corrected chi connectivity index (χ0v) is 11.4. The molecule has 1 aromatic carbocycles. The van der Waals surface area contributed by atoms with E-state index in [0.29, 0.717) is 6.61 Å². The number of hydrogen-bond donors (Lipinski definition) is 1. The molecule has 0 bridgehead atoms. The second-order valence-corrected chi connectivity index (χ2v) is 4.36. The minimum Gasteiger partial charge on any atom is -0.491 e. The first-order chi connectivity index (χ1) is 8.53. The summed E-state index contributed by atoms with van der Waals surface area (Å²) < 4.78 is 10.7. The van der Waals surface area contributed by atoms with E-state index in [9.17, 15) is 4.79 Å². The number of carbonyl (C=O) groups is 1. The second-order valence-electron chi connectivity index (χ2n) is 4.36. The molecular weight excluding hydrogens is 230 g/mol. The Kier molecular flexibility index (Phi) is 5.16. The van der Waals surface area contributed by atoms with Gasteiger partial charge >= 0.3 is 5.97 Å². The van der Waals surface area contributed by atoms with Gasteiger partial charge in [-0.05, 0) is 39.4 Å². The smallest absolute Gasteiger partial charge is 0.329 e. The van der Waals surface area contributed by atoms with Gasteiger partial charge in [0.15, 0.2) is 0 Å². The Morgan fingerprint density at radius 3 is 2.61 bits per heavy atom. The number of ether oxygens (including phenoxy) is 2. The van der Waals surface area contributed by atoms with E-state index in [-0.39, 0.29) is 12.6 Å². The highest BCUT2D eigenvalue weighted by Gasteiger charge is 2.34. The van der Waals surface area contributed by atoms with E-state index < -0.39 is 5.54 Å². The van der Waals surface area contributed by atoms with Gasteiger partial charge in [0, 0.05) is 0 Å². The molecule has 18 heavy (non-hydrogen) atoms. The highest BCUT2D eigenvalue weighted by Crippen LogP contribution is 2.18. The molecule has 0 spiro atoms. The first-order valence-electron chi connectivity index (χ1n) is 6.08. The quantitative estimate of drug-likeness (QED) is 0.785. The highest BCUT2D eigenvalue weighted by atomic mass is 16.5. The maximum absolute atomic E-state index is 11.8. The van der Waals surface area contributed by atoms with Gasteiger partial charge in [-0.3, -0.25) is 0 Å². The zero-order valence-electron chi connectivity index (χ0n) is 11.4. The monoisotopic (exact) mass is 251 g/mol. The first kappa shape index (κ1) is 14.5. The van der Waals surface area contributed by atoms with E-state index in [4.69, 9.17) is 9.47 Å². The van der Waals surface area contributed by atoms with E-state index in [1.165, 1.54) is 0 Å². The molecule has 0 amide bonds. The van der Waals surface area contributed by atoms with E-state index in [1.54, 1.807) is 20.9 Å². The summed E-state index contributed by atoms with van der Waals surface area (Å²) in [6, 6.07) is 7.71. The molecule has 0 aliphatic carbocycles. The van der Waals surface area contributed by atoms with Gasteiger partial charge in [-0.15, -0.1) is 0 Å². The predicted octanol–water partition coefficient (Wildman–Crippen LogP) is 1.92. The van der Waals surface area contributed by atoms with E-state index in [2.05, 4.69) is 5.32 Å². The number of nitrogens with one attached hydrogen (secondary N) is 1. The van der Waals surface area contributed by atoms with Crippen molar-refractivity contribution >= 4 is 5.97 Å². The molecule has 0 fully saturated rings. The molecule has 1 N–H and O–H groups in total. The summed E-state index contributed by atoms with van der Waals surface area (Å²) in [4.78, 5) is 11.8. The van der Waals surface area contributed by atoms with Crippen LogP contribution < -0.4 is 10.1 Å². The summed E-state index contributed by atoms with van der Waals surface area (Å²) >= 11 is 0. The standard InChI is InChI=1S/C14H21NO3/c1-5-17-13(16)14(3,15-4)10-18-12-9-7-6-8-11(12)2/h6-9,15H,5,10H2,1-4H3. The third-order valence-electron chi connectivity index (χ3n) is 2.89. The normalized spacial score (nSPS) is 13.8. The number of hydrogen-bond acceptors (Lipinski definition) is 4. The van der Waals surface area contributed by atoms with Gasteiger partial charge in [0.25, 0.3) is 0 Å². The maximum atomic E-state index is 11.8. The SMILES string of the molecule is CCOC(=O)C(C)(COc1ccccc1C)NC. The first-order valence-corrected chi connectivity index (χ1v) is 6.08. The fourth-order valence-corrected chi connectivity index (χ4v) is 1.46. The molecule has 4 heteroatoms. The van der Waals surface area contributed by atoms with Gasteiger partial charge in [-0.25, -0.2) is 4.79 Å². The molecule has 0 aliphatic heterocycles. The van der Waals surface area contributed by atoms with Crippen molar-refractivity contribution in [1.82, 2.24) is 5.32 Å². The van der Waals surface area contributed by atoms with Crippen LogP contribution in [0.15, 0.2) is 24.3 Å². The molecule has 0 saturated heterocycles. The number of benzene rings is 1. The van der Waals surface area contributed by atoms with Gasteiger partial charge in [-0.2, -0.15) is 0 Å². The Bertz CT molecular complexity index is 406. The molecular formula is C14H21NO3. The summed E-state index contributed by atoms with van der Waals surface area (Å²) in [5.41, 5.74) is 0.206. The third-order valence-corrected chi connectivity index (χ3v) is 2.89. The average molecular weight is 251 g/mol. The highest BCUT2D eigenvalue weighted by molar-refractivity contribution is 5.80. The summed E-state index contributed by atoms with van der Waals surface area (Å²) in [7, 11) is 1.72. The van der Waals surface area contributed by atoms with Crippen LogP contribution in [-0.2, 0) is 9.53 Å². The molecule has 0 aliphatic rings. The summed E-state index contributed by atoms with van der Waals surface area (Å²) in [5.74, 6) is 0.476. The molecule has 0 heterocycles. The fourth-order valence-electron chi connectivity index (χ4n) is 1.46. The van der Waals surface area contributed by atoms with Crippen LogP contribution in [0.1, 0.15) is 19.4 Å². The van der Waals surface area contributed by atoms with Gasteiger partial charge in [-0.1, -0.05) is 18.2 Å². The maximum Gasteiger partial charge on any atom is 0.329 e. The number of carbonyl (C=O) groups excluding carboxylic acids is 1. The summed E-state index contributed by atoms with van der Waals surface area (Å²) in [5, 5.41) is 2.95. The largest absolute Gasteiger partial charge is 0.491 e. The number of rotatable bonds is 6. The lowest BCUT2D eigenvalue weighted by Crippen LogP contribution is -2.53. The van der Waals surface area contributed by atoms with Crippen molar-refractivity contribution in [3.05, 3.63) is 29.8 Å².